The Kier molecular flexibility index (Phi) is 4.07. The number of carbonyl (C=O) groups is 1. The summed E-state index contributed by atoms with van der Waals surface area (Å²) in [5, 5.41) is 9.52. The molecule has 2 atom stereocenters. The number of carboxylic acid groups (broad SMARTS) is 1. The van der Waals surface area contributed by atoms with Crippen molar-refractivity contribution in [1.82, 2.24) is 9.97 Å². The van der Waals surface area contributed by atoms with Gasteiger partial charge in [0.15, 0.2) is 0 Å². The first-order valence-corrected chi connectivity index (χ1v) is 6.96. The molecular weight excluding hydrogens is 295 g/mol. The fraction of sp³-hybridized carbons (Fsp3) is 0.545. The van der Waals surface area contributed by atoms with E-state index in [0.717, 1.165) is 0 Å². The van der Waals surface area contributed by atoms with E-state index in [2.05, 4.69) is 9.97 Å². The summed E-state index contributed by atoms with van der Waals surface area (Å²) in [4.78, 5) is 20.4. The van der Waals surface area contributed by atoms with Gasteiger partial charge < -0.3 is 10.0 Å². The average Bonchev–Trinajstić information content (AvgIpc) is 2.84. The molecule has 0 radical (unpaired) electrons. The van der Waals surface area contributed by atoms with Crippen LogP contribution in [-0.2, 0) is 4.79 Å². The smallest absolute Gasteiger partial charge is 0.394 e. The van der Waals surface area contributed by atoms with Crippen LogP contribution >= 0.6 is 11.8 Å². The molecule has 1 N–H and O–H groups in total. The van der Waals surface area contributed by atoms with Crippen LogP contribution in [0.4, 0.5) is 19.0 Å². The second-order valence-corrected chi connectivity index (χ2v) is 5.24. The lowest BCUT2D eigenvalue weighted by Gasteiger charge is -2.18. The third kappa shape index (κ3) is 2.97. The van der Waals surface area contributed by atoms with E-state index in [1.807, 2.05) is 0 Å². The molecule has 2 heterocycles. The van der Waals surface area contributed by atoms with Crippen LogP contribution in [0.1, 0.15) is 0 Å². The molecule has 110 valence electrons. The Morgan fingerprint density at radius 2 is 2.15 bits per heavy atom. The highest BCUT2D eigenvalue weighted by atomic mass is 32.2. The molecule has 1 aliphatic heterocycles. The van der Waals surface area contributed by atoms with Crippen LogP contribution in [0.3, 0.4) is 0 Å². The van der Waals surface area contributed by atoms with E-state index in [0.29, 0.717) is 5.03 Å². The van der Waals surface area contributed by atoms with Gasteiger partial charge in [0.1, 0.15) is 10.8 Å². The first kappa shape index (κ1) is 14.9. The molecule has 1 aromatic rings. The van der Waals surface area contributed by atoms with Gasteiger partial charge in [-0.3, -0.25) is 9.78 Å². The lowest BCUT2D eigenvalue weighted by molar-refractivity contribution is -0.187. The van der Waals surface area contributed by atoms with Crippen molar-refractivity contribution in [3.05, 3.63) is 12.4 Å². The van der Waals surface area contributed by atoms with Gasteiger partial charge in [-0.1, -0.05) is 0 Å². The van der Waals surface area contributed by atoms with Crippen LogP contribution in [0.15, 0.2) is 17.4 Å². The maximum absolute atomic E-state index is 12.9. The number of anilines is 1. The molecule has 0 amide bonds. The molecule has 0 bridgehead atoms. The molecule has 0 aliphatic carbocycles. The molecule has 0 aromatic carbocycles. The molecule has 20 heavy (non-hydrogen) atoms. The lowest BCUT2D eigenvalue weighted by Crippen LogP contribution is -2.33. The number of aliphatic carboxylic acids is 1. The molecule has 1 saturated heterocycles. The lowest BCUT2D eigenvalue weighted by atomic mass is 9.96. The molecule has 1 fully saturated rings. The van der Waals surface area contributed by atoms with Crippen LogP contribution in [0.25, 0.3) is 0 Å². The maximum Gasteiger partial charge on any atom is 0.394 e. The Morgan fingerprint density at radius 3 is 2.65 bits per heavy atom. The summed E-state index contributed by atoms with van der Waals surface area (Å²) in [7, 11) is 0. The third-order valence-corrected chi connectivity index (χ3v) is 3.81. The zero-order valence-electron chi connectivity index (χ0n) is 10.5. The van der Waals surface area contributed by atoms with Crippen molar-refractivity contribution < 1.29 is 23.1 Å². The fourth-order valence-corrected chi connectivity index (χ4v) is 2.51. The number of carboxylic acids is 1. The van der Waals surface area contributed by atoms with Gasteiger partial charge in [-0.25, -0.2) is 4.98 Å². The average molecular weight is 307 g/mol. The van der Waals surface area contributed by atoms with E-state index in [9.17, 15) is 18.0 Å². The van der Waals surface area contributed by atoms with Crippen molar-refractivity contribution in [3.63, 3.8) is 0 Å². The SMILES string of the molecule is CSc1cncc(N2C[C@@H](C(F)(F)F)[C@H](C(=O)O)C2)n1. The summed E-state index contributed by atoms with van der Waals surface area (Å²) in [6, 6.07) is 0. The number of hydrogen-bond donors (Lipinski definition) is 1. The number of rotatable bonds is 3. The molecule has 0 spiro atoms. The van der Waals surface area contributed by atoms with Gasteiger partial charge in [0.2, 0.25) is 0 Å². The maximum atomic E-state index is 12.9. The molecule has 1 aromatic heterocycles. The normalized spacial score (nSPS) is 23.1. The zero-order chi connectivity index (χ0) is 14.9. The third-order valence-electron chi connectivity index (χ3n) is 3.19. The predicted molar refractivity (Wildman–Crippen MR) is 66.7 cm³/mol. The van der Waals surface area contributed by atoms with Crippen molar-refractivity contribution in [2.75, 3.05) is 24.2 Å². The molecule has 1 aliphatic rings. The van der Waals surface area contributed by atoms with E-state index in [1.165, 1.54) is 29.1 Å². The number of nitrogens with zero attached hydrogens (tertiary/aromatic N) is 3. The van der Waals surface area contributed by atoms with E-state index >= 15 is 0 Å². The van der Waals surface area contributed by atoms with Gasteiger partial charge in [0.05, 0.1) is 24.2 Å². The summed E-state index contributed by atoms with van der Waals surface area (Å²) < 4.78 is 38.6. The Balaban J connectivity index is 2.25. The molecule has 0 saturated carbocycles. The van der Waals surface area contributed by atoms with Crippen LogP contribution in [-0.4, -0.2) is 46.6 Å². The van der Waals surface area contributed by atoms with E-state index in [1.54, 1.807) is 6.26 Å². The number of alkyl halides is 3. The molecule has 9 heteroatoms. The minimum absolute atomic E-state index is 0.216. The van der Waals surface area contributed by atoms with Crippen LogP contribution in [0.5, 0.6) is 0 Å². The van der Waals surface area contributed by atoms with Gasteiger partial charge in [-0.15, -0.1) is 11.8 Å². The fourth-order valence-electron chi connectivity index (χ4n) is 2.16. The first-order chi connectivity index (χ1) is 9.32. The van der Waals surface area contributed by atoms with Crippen LogP contribution in [0.2, 0.25) is 0 Å². The highest BCUT2D eigenvalue weighted by molar-refractivity contribution is 7.98. The highest BCUT2D eigenvalue weighted by Crippen LogP contribution is 2.39. The Labute approximate surface area is 117 Å². The van der Waals surface area contributed by atoms with Crippen molar-refractivity contribution in [2.24, 2.45) is 11.8 Å². The van der Waals surface area contributed by atoms with Gasteiger partial charge in [0.25, 0.3) is 0 Å². The summed E-state index contributed by atoms with van der Waals surface area (Å²) in [6.45, 7) is -0.626. The topological polar surface area (TPSA) is 66.3 Å². The van der Waals surface area contributed by atoms with Gasteiger partial charge >= 0.3 is 12.1 Å². The van der Waals surface area contributed by atoms with Crippen molar-refractivity contribution in [1.29, 1.82) is 0 Å². The highest BCUT2D eigenvalue weighted by Gasteiger charge is 2.52. The molecule has 2 rings (SSSR count). The Bertz CT molecular complexity index is 512. The number of aromatic nitrogens is 2. The Morgan fingerprint density at radius 1 is 1.45 bits per heavy atom. The van der Waals surface area contributed by atoms with Gasteiger partial charge in [-0.2, -0.15) is 13.2 Å². The standard InChI is InChI=1S/C11H12F3N3O2S/c1-20-9-3-15-2-8(16-9)17-4-6(10(18)19)7(5-17)11(12,13)14/h2-3,6-7H,4-5H2,1H3,(H,18,19)/t6-,7-/m1/s1. The second-order valence-electron chi connectivity index (χ2n) is 4.42. The van der Waals surface area contributed by atoms with Crippen molar-refractivity contribution in [3.8, 4) is 0 Å². The summed E-state index contributed by atoms with van der Waals surface area (Å²) in [5.41, 5.74) is 0. The van der Waals surface area contributed by atoms with Gasteiger partial charge in [0, 0.05) is 13.1 Å². The first-order valence-electron chi connectivity index (χ1n) is 5.73. The largest absolute Gasteiger partial charge is 0.481 e. The number of thioether (sulfide) groups is 1. The number of halogens is 3. The summed E-state index contributed by atoms with van der Waals surface area (Å²) >= 11 is 1.32. The minimum Gasteiger partial charge on any atom is -0.481 e. The van der Waals surface area contributed by atoms with Crippen LogP contribution < -0.4 is 4.90 Å². The van der Waals surface area contributed by atoms with Crippen molar-refractivity contribution >= 4 is 23.5 Å². The molecule has 0 unspecified atom stereocenters. The Hall–Kier alpha value is -1.51. The number of hydrogen-bond acceptors (Lipinski definition) is 5. The van der Waals surface area contributed by atoms with Crippen molar-refractivity contribution in [2.45, 2.75) is 11.2 Å². The van der Waals surface area contributed by atoms with E-state index < -0.39 is 30.5 Å². The molecule has 5 nitrogen and oxygen atoms in total. The van der Waals surface area contributed by atoms with E-state index in [-0.39, 0.29) is 12.4 Å². The molecular formula is C11H12F3N3O2S. The van der Waals surface area contributed by atoms with Crippen LogP contribution in [0, 0.1) is 11.8 Å². The monoisotopic (exact) mass is 307 g/mol. The minimum atomic E-state index is -4.54. The summed E-state index contributed by atoms with van der Waals surface area (Å²) in [5.74, 6) is -4.53. The zero-order valence-corrected chi connectivity index (χ0v) is 11.3. The summed E-state index contributed by atoms with van der Waals surface area (Å²) in [6.07, 6.45) is 0.0796. The predicted octanol–water partition coefficient (Wildman–Crippen LogP) is 1.90. The van der Waals surface area contributed by atoms with E-state index in [4.69, 9.17) is 5.11 Å². The van der Waals surface area contributed by atoms with Gasteiger partial charge in [-0.05, 0) is 6.26 Å². The second kappa shape index (κ2) is 5.47. The quantitative estimate of drug-likeness (QED) is 0.860.